The van der Waals surface area contributed by atoms with Crippen LogP contribution in [0.2, 0.25) is 0 Å². The van der Waals surface area contributed by atoms with Crippen LogP contribution in [0.25, 0.3) is 0 Å². The van der Waals surface area contributed by atoms with Gasteiger partial charge in [0.25, 0.3) is 5.91 Å². The lowest BCUT2D eigenvalue weighted by molar-refractivity contribution is 0.0951. The van der Waals surface area contributed by atoms with E-state index in [1.807, 2.05) is 17.5 Å². The predicted molar refractivity (Wildman–Crippen MR) is 73.2 cm³/mol. The highest BCUT2D eigenvalue weighted by Crippen LogP contribution is 2.07. The summed E-state index contributed by atoms with van der Waals surface area (Å²) in [5.41, 5.74) is 0. The Hall–Kier alpha value is -0.620. The lowest BCUT2D eigenvalue weighted by atomic mass is 10.3. The second-order valence-corrected chi connectivity index (χ2v) is 4.77. The molecular formula is C11H18ClN3OS. The van der Waals surface area contributed by atoms with Crippen LogP contribution in [0.3, 0.4) is 0 Å². The largest absolute Gasteiger partial charge is 0.350 e. The minimum absolute atomic E-state index is 0. The Kier molecular flexibility index (Phi) is 6.50. The Labute approximate surface area is 112 Å². The van der Waals surface area contributed by atoms with Gasteiger partial charge in [0.15, 0.2) is 0 Å². The molecule has 0 saturated carbocycles. The van der Waals surface area contributed by atoms with Crippen molar-refractivity contribution < 1.29 is 4.79 Å². The average Bonchev–Trinajstić information content (AvgIpc) is 2.84. The van der Waals surface area contributed by atoms with Crippen LogP contribution in [-0.4, -0.2) is 50.1 Å². The van der Waals surface area contributed by atoms with Crippen molar-refractivity contribution in [2.24, 2.45) is 0 Å². The fraction of sp³-hybridized carbons (Fsp3) is 0.545. The zero-order chi connectivity index (χ0) is 11.2. The molecule has 1 aromatic heterocycles. The quantitative estimate of drug-likeness (QED) is 0.855. The predicted octanol–water partition coefficient (Wildman–Crippen LogP) is 0.805. The summed E-state index contributed by atoms with van der Waals surface area (Å²) in [5, 5.41) is 8.17. The zero-order valence-electron chi connectivity index (χ0n) is 9.65. The molecule has 1 fully saturated rings. The fourth-order valence-corrected chi connectivity index (χ4v) is 2.40. The van der Waals surface area contributed by atoms with Crippen LogP contribution < -0.4 is 10.6 Å². The van der Waals surface area contributed by atoms with E-state index in [0.717, 1.165) is 44.1 Å². The van der Waals surface area contributed by atoms with Crippen molar-refractivity contribution in [3.63, 3.8) is 0 Å². The summed E-state index contributed by atoms with van der Waals surface area (Å²) in [6.07, 6.45) is 0. The third kappa shape index (κ3) is 4.63. The third-order valence-corrected chi connectivity index (χ3v) is 3.54. The van der Waals surface area contributed by atoms with Crippen LogP contribution in [0.4, 0.5) is 0 Å². The zero-order valence-corrected chi connectivity index (χ0v) is 11.3. The van der Waals surface area contributed by atoms with Gasteiger partial charge in [-0.05, 0) is 11.4 Å². The van der Waals surface area contributed by atoms with Gasteiger partial charge in [0.05, 0.1) is 4.88 Å². The first kappa shape index (κ1) is 14.4. The van der Waals surface area contributed by atoms with E-state index in [2.05, 4.69) is 15.5 Å². The molecule has 2 heterocycles. The summed E-state index contributed by atoms with van der Waals surface area (Å²) in [4.78, 5) is 14.8. The van der Waals surface area contributed by atoms with Gasteiger partial charge in [0.2, 0.25) is 0 Å². The first-order valence-electron chi connectivity index (χ1n) is 5.61. The molecule has 1 aliphatic heterocycles. The van der Waals surface area contributed by atoms with E-state index in [0.29, 0.717) is 0 Å². The highest BCUT2D eigenvalue weighted by Gasteiger charge is 2.10. The molecular weight excluding hydrogens is 258 g/mol. The molecule has 17 heavy (non-hydrogen) atoms. The molecule has 2 rings (SSSR count). The number of carbonyl (C=O) groups excluding carboxylic acids is 1. The SMILES string of the molecule is Cl.O=C(NCCN1CCNCC1)c1cccs1. The molecule has 0 radical (unpaired) electrons. The van der Waals surface area contributed by atoms with Crippen molar-refractivity contribution in [3.8, 4) is 0 Å². The number of amides is 1. The molecule has 0 atom stereocenters. The maximum absolute atomic E-state index is 11.6. The highest BCUT2D eigenvalue weighted by molar-refractivity contribution is 7.12. The summed E-state index contributed by atoms with van der Waals surface area (Å²) in [5.74, 6) is 0.0464. The number of carbonyl (C=O) groups is 1. The lowest BCUT2D eigenvalue weighted by Crippen LogP contribution is -2.46. The van der Waals surface area contributed by atoms with Crippen LogP contribution in [0.15, 0.2) is 17.5 Å². The van der Waals surface area contributed by atoms with Crippen molar-refractivity contribution in [1.29, 1.82) is 0 Å². The molecule has 1 aliphatic rings. The van der Waals surface area contributed by atoms with Gasteiger partial charge >= 0.3 is 0 Å². The number of piperazine rings is 1. The van der Waals surface area contributed by atoms with Crippen LogP contribution in [-0.2, 0) is 0 Å². The number of thiophene rings is 1. The molecule has 6 heteroatoms. The molecule has 4 nitrogen and oxygen atoms in total. The Balaban J connectivity index is 0.00000144. The van der Waals surface area contributed by atoms with Gasteiger partial charge in [-0.2, -0.15) is 0 Å². The Bertz CT molecular complexity index is 325. The van der Waals surface area contributed by atoms with Gasteiger partial charge < -0.3 is 10.6 Å². The summed E-state index contributed by atoms with van der Waals surface area (Å²) >= 11 is 1.48. The summed E-state index contributed by atoms with van der Waals surface area (Å²) < 4.78 is 0. The van der Waals surface area contributed by atoms with E-state index in [-0.39, 0.29) is 18.3 Å². The molecule has 0 aromatic carbocycles. The van der Waals surface area contributed by atoms with Crippen molar-refractivity contribution in [3.05, 3.63) is 22.4 Å². The van der Waals surface area contributed by atoms with Gasteiger partial charge in [-0.25, -0.2) is 0 Å². The van der Waals surface area contributed by atoms with Gasteiger partial charge in [-0.3, -0.25) is 9.69 Å². The molecule has 0 aliphatic carbocycles. The third-order valence-electron chi connectivity index (χ3n) is 2.67. The molecule has 1 saturated heterocycles. The first-order valence-corrected chi connectivity index (χ1v) is 6.49. The smallest absolute Gasteiger partial charge is 0.261 e. The second-order valence-electron chi connectivity index (χ2n) is 3.82. The molecule has 1 amide bonds. The summed E-state index contributed by atoms with van der Waals surface area (Å²) in [6, 6.07) is 3.75. The van der Waals surface area contributed by atoms with E-state index in [4.69, 9.17) is 0 Å². The van der Waals surface area contributed by atoms with Crippen molar-refractivity contribution in [2.45, 2.75) is 0 Å². The topological polar surface area (TPSA) is 44.4 Å². The van der Waals surface area contributed by atoms with E-state index in [1.165, 1.54) is 11.3 Å². The van der Waals surface area contributed by atoms with E-state index >= 15 is 0 Å². The van der Waals surface area contributed by atoms with Gasteiger partial charge in [-0.1, -0.05) is 6.07 Å². The summed E-state index contributed by atoms with van der Waals surface area (Å²) in [6.45, 7) is 5.94. The lowest BCUT2D eigenvalue weighted by Gasteiger charge is -2.26. The fourth-order valence-electron chi connectivity index (χ4n) is 1.76. The molecule has 1 aromatic rings. The van der Waals surface area contributed by atoms with E-state index in [9.17, 15) is 4.79 Å². The Morgan fingerprint density at radius 1 is 1.47 bits per heavy atom. The van der Waals surface area contributed by atoms with E-state index in [1.54, 1.807) is 0 Å². The Morgan fingerprint density at radius 2 is 2.24 bits per heavy atom. The molecule has 2 N–H and O–H groups in total. The number of halogens is 1. The van der Waals surface area contributed by atoms with Crippen LogP contribution in [0, 0.1) is 0 Å². The minimum atomic E-state index is 0. The highest BCUT2D eigenvalue weighted by atomic mass is 35.5. The Morgan fingerprint density at radius 3 is 2.88 bits per heavy atom. The normalized spacial score (nSPS) is 16.2. The van der Waals surface area contributed by atoms with Crippen molar-refractivity contribution in [1.82, 2.24) is 15.5 Å². The number of nitrogens with one attached hydrogen (secondary N) is 2. The van der Waals surface area contributed by atoms with Crippen LogP contribution >= 0.6 is 23.7 Å². The second kappa shape index (κ2) is 7.66. The standard InChI is InChI=1S/C11H17N3OS.ClH/c15-11(10-2-1-9-16-10)13-5-8-14-6-3-12-4-7-14;/h1-2,9,12H,3-8H2,(H,13,15);1H. The van der Waals surface area contributed by atoms with Gasteiger partial charge in [-0.15, -0.1) is 23.7 Å². The summed E-state index contributed by atoms with van der Waals surface area (Å²) in [7, 11) is 0. The maximum Gasteiger partial charge on any atom is 0.261 e. The average molecular weight is 276 g/mol. The number of hydrogen-bond acceptors (Lipinski definition) is 4. The van der Waals surface area contributed by atoms with Crippen molar-refractivity contribution in [2.75, 3.05) is 39.3 Å². The molecule has 0 spiro atoms. The van der Waals surface area contributed by atoms with E-state index < -0.39 is 0 Å². The van der Waals surface area contributed by atoms with Crippen molar-refractivity contribution >= 4 is 29.7 Å². The first-order chi connectivity index (χ1) is 7.86. The molecule has 96 valence electrons. The number of hydrogen-bond donors (Lipinski definition) is 2. The number of nitrogens with zero attached hydrogens (tertiary/aromatic N) is 1. The van der Waals surface area contributed by atoms with Gasteiger partial charge in [0.1, 0.15) is 0 Å². The van der Waals surface area contributed by atoms with Crippen LogP contribution in [0.1, 0.15) is 9.67 Å². The molecule has 0 bridgehead atoms. The number of rotatable bonds is 4. The maximum atomic E-state index is 11.6. The van der Waals surface area contributed by atoms with Crippen LogP contribution in [0.5, 0.6) is 0 Å². The monoisotopic (exact) mass is 275 g/mol. The molecule has 0 unspecified atom stereocenters. The minimum Gasteiger partial charge on any atom is -0.350 e. The van der Waals surface area contributed by atoms with Gasteiger partial charge in [0, 0.05) is 39.3 Å².